The Morgan fingerprint density at radius 1 is 0.967 bits per heavy atom. The van der Waals surface area contributed by atoms with Crippen molar-refractivity contribution in [2.24, 2.45) is 0 Å². The van der Waals surface area contributed by atoms with Crippen LogP contribution in [0.25, 0.3) is 0 Å². The fourth-order valence-electron chi connectivity index (χ4n) is 2.09. The first-order valence-corrected chi connectivity index (χ1v) is 10.1. The number of halogens is 5. The Balaban J connectivity index is 2.42. The first-order valence-electron chi connectivity index (χ1n) is 8.59. The number of ether oxygens (including phenoxy) is 1. The first-order chi connectivity index (χ1) is 14.1. The average molecular weight is 453 g/mol. The lowest BCUT2D eigenvalue weighted by Gasteiger charge is -2.23. The summed E-state index contributed by atoms with van der Waals surface area (Å²) < 4.78 is 95.9. The lowest BCUT2D eigenvalue weighted by molar-refractivity contribution is -0.145. The second-order valence-electron chi connectivity index (χ2n) is 5.91. The van der Waals surface area contributed by atoms with E-state index in [0.717, 1.165) is 0 Å². The highest BCUT2D eigenvalue weighted by atomic mass is 31.2. The summed E-state index contributed by atoms with van der Waals surface area (Å²) in [5, 5.41) is 2.07. The van der Waals surface area contributed by atoms with Crippen molar-refractivity contribution in [1.82, 2.24) is 5.09 Å². The topological polar surface area (TPSA) is 73.9 Å². The number of carbonyl (C=O) groups excluding carboxylic acids is 1. The van der Waals surface area contributed by atoms with Gasteiger partial charge in [-0.25, -0.2) is 17.7 Å². The standard InChI is InChI=1S/C18H17F5NO5P/c1-3-9-27-18(25)10(2)24-30(26,28-11-7-5-4-6-8-11)29-17-15(22)13(20)12(19)14(21)16(17)23/h4-8,10H,3,9H2,1-2H3,(H,24,26)/t10-,30?/m0/s1. The predicted octanol–water partition coefficient (Wildman–Crippen LogP) is 4.88. The molecular weight excluding hydrogens is 436 g/mol. The van der Waals surface area contributed by atoms with Crippen LogP contribution in [-0.4, -0.2) is 18.6 Å². The largest absolute Gasteiger partial charge is 0.513 e. The van der Waals surface area contributed by atoms with Crippen LogP contribution < -0.4 is 14.1 Å². The van der Waals surface area contributed by atoms with E-state index in [1.165, 1.54) is 31.2 Å². The summed E-state index contributed by atoms with van der Waals surface area (Å²) in [4.78, 5) is 11.9. The maximum absolute atomic E-state index is 14.0. The summed E-state index contributed by atoms with van der Waals surface area (Å²) in [6.45, 7) is 2.94. The summed E-state index contributed by atoms with van der Waals surface area (Å²) in [7, 11) is -4.90. The molecule has 0 fully saturated rings. The van der Waals surface area contributed by atoms with Gasteiger partial charge in [0.15, 0.2) is 0 Å². The summed E-state index contributed by atoms with van der Waals surface area (Å²) in [6, 6.07) is 5.67. The van der Waals surface area contributed by atoms with E-state index in [2.05, 4.69) is 9.61 Å². The number of nitrogens with one attached hydrogen (secondary N) is 1. The molecule has 0 heterocycles. The second-order valence-corrected chi connectivity index (χ2v) is 7.53. The zero-order chi connectivity index (χ0) is 22.5. The molecule has 2 aromatic carbocycles. The molecule has 0 aliphatic carbocycles. The van der Waals surface area contributed by atoms with Crippen LogP contribution >= 0.6 is 7.75 Å². The third-order valence-electron chi connectivity index (χ3n) is 3.50. The molecule has 0 radical (unpaired) electrons. The molecule has 6 nitrogen and oxygen atoms in total. The van der Waals surface area contributed by atoms with Crippen molar-refractivity contribution >= 4 is 13.7 Å². The Kier molecular flexibility index (Phi) is 7.80. The van der Waals surface area contributed by atoms with E-state index in [4.69, 9.17) is 9.26 Å². The minimum Gasteiger partial charge on any atom is -0.465 e. The van der Waals surface area contributed by atoms with Crippen LogP contribution in [0.15, 0.2) is 30.3 Å². The third-order valence-corrected chi connectivity index (χ3v) is 5.08. The van der Waals surface area contributed by atoms with Gasteiger partial charge in [-0.2, -0.15) is 13.9 Å². The highest BCUT2D eigenvalue weighted by Crippen LogP contribution is 2.47. The molecule has 0 aliphatic heterocycles. The normalized spacial score (nSPS) is 14.0. The van der Waals surface area contributed by atoms with Crippen LogP contribution in [0.3, 0.4) is 0 Å². The number of carbonyl (C=O) groups is 1. The van der Waals surface area contributed by atoms with Crippen molar-refractivity contribution in [2.75, 3.05) is 6.61 Å². The summed E-state index contributed by atoms with van der Waals surface area (Å²) in [5.41, 5.74) is 0. The van der Waals surface area contributed by atoms with E-state index in [0.29, 0.717) is 6.42 Å². The number of hydrogen-bond acceptors (Lipinski definition) is 5. The highest BCUT2D eigenvalue weighted by Gasteiger charge is 2.38. The number of hydrogen-bond donors (Lipinski definition) is 1. The molecule has 2 aromatic rings. The van der Waals surface area contributed by atoms with Crippen LogP contribution in [0.5, 0.6) is 11.5 Å². The van der Waals surface area contributed by atoms with Gasteiger partial charge >= 0.3 is 13.7 Å². The van der Waals surface area contributed by atoms with E-state index in [-0.39, 0.29) is 12.4 Å². The van der Waals surface area contributed by atoms with Gasteiger partial charge in [0.05, 0.1) is 6.61 Å². The van der Waals surface area contributed by atoms with Crippen LogP contribution in [0.4, 0.5) is 22.0 Å². The lowest BCUT2D eigenvalue weighted by atomic mass is 10.3. The molecular formula is C18H17F5NO5P. The van der Waals surface area contributed by atoms with Gasteiger partial charge in [-0.1, -0.05) is 25.1 Å². The Hall–Kier alpha value is -2.65. The molecule has 0 aromatic heterocycles. The van der Waals surface area contributed by atoms with Gasteiger partial charge in [0.25, 0.3) is 0 Å². The van der Waals surface area contributed by atoms with Gasteiger partial charge in [0.1, 0.15) is 11.8 Å². The van der Waals surface area contributed by atoms with E-state index in [1.54, 1.807) is 13.0 Å². The number of para-hydroxylation sites is 1. The minimum absolute atomic E-state index is 0.0349. The van der Waals surface area contributed by atoms with Gasteiger partial charge in [-0.3, -0.25) is 4.79 Å². The van der Waals surface area contributed by atoms with E-state index in [1.807, 2.05) is 0 Å². The Morgan fingerprint density at radius 3 is 2.03 bits per heavy atom. The molecule has 0 aliphatic rings. The van der Waals surface area contributed by atoms with Crippen molar-refractivity contribution in [3.63, 3.8) is 0 Å². The zero-order valence-corrected chi connectivity index (χ0v) is 16.7. The van der Waals surface area contributed by atoms with Gasteiger partial charge < -0.3 is 13.8 Å². The fourth-order valence-corrected chi connectivity index (χ4v) is 3.62. The SMILES string of the molecule is CCCOC(=O)[C@H](C)NP(=O)(Oc1ccccc1)Oc1c(F)c(F)c(F)c(F)c1F. The highest BCUT2D eigenvalue weighted by molar-refractivity contribution is 7.52. The summed E-state index contributed by atoms with van der Waals surface area (Å²) in [6.07, 6.45) is 0.484. The monoisotopic (exact) mass is 453 g/mol. The first kappa shape index (κ1) is 23.6. The molecule has 0 amide bonds. The molecule has 30 heavy (non-hydrogen) atoms. The second kappa shape index (κ2) is 9.90. The van der Waals surface area contributed by atoms with Gasteiger partial charge in [0.2, 0.25) is 34.8 Å². The van der Waals surface area contributed by atoms with Crippen molar-refractivity contribution in [3.8, 4) is 11.5 Å². The Morgan fingerprint density at radius 2 is 1.50 bits per heavy atom. The smallest absolute Gasteiger partial charge is 0.465 e. The molecule has 2 rings (SSSR count). The van der Waals surface area contributed by atoms with Crippen LogP contribution in [0, 0.1) is 29.1 Å². The quantitative estimate of drug-likeness (QED) is 0.192. The Labute approximate surface area is 168 Å². The fraction of sp³-hybridized carbons (Fsp3) is 0.278. The van der Waals surface area contributed by atoms with Crippen molar-refractivity contribution < 1.29 is 45.1 Å². The molecule has 0 bridgehead atoms. The van der Waals surface area contributed by atoms with Gasteiger partial charge in [0, 0.05) is 0 Å². The maximum atomic E-state index is 14.0. The average Bonchev–Trinajstić information content (AvgIpc) is 2.72. The predicted molar refractivity (Wildman–Crippen MR) is 95.4 cm³/mol. The molecule has 0 spiro atoms. The summed E-state index contributed by atoms with van der Waals surface area (Å²) >= 11 is 0. The summed E-state index contributed by atoms with van der Waals surface area (Å²) in [5.74, 6) is -14.6. The Bertz CT molecular complexity index is 931. The van der Waals surface area contributed by atoms with Crippen LogP contribution in [0.2, 0.25) is 0 Å². The number of benzene rings is 2. The van der Waals surface area contributed by atoms with Crippen molar-refractivity contribution in [3.05, 3.63) is 59.4 Å². The van der Waals surface area contributed by atoms with Gasteiger partial charge in [-0.15, -0.1) is 0 Å². The maximum Gasteiger partial charge on any atom is 0.513 e. The van der Waals surface area contributed by atoms with Crippen molar-refractivity contribution in [2.45, 2.75) is 26.3 Å². The number of esters is 1. The molecule has 1 N–H and O–H groups in total. The minimum atomic E-state index is -4.90. The molecule has 0 saturated carbocycles. The molecule has 164 valence electrons. The van der Waals surface area contributed by atoms with E-state index >= 15 is 0 Å². The van der Waals surface area contributed by atoms with Crippen LogP contribution in [0.1, 0.15) is 20.3 Å². The zero-order valence-electron chi connectivity index (χ0n) is 15.8. The van der Waals surface area contributed by atoms with Crippen LogP contribution in [-0.2, 0) is 14.1 Å². The van der Waals surface area contributed by atoms with E-state index < -0.39 is 54.6 Å². The van der Waals surface area contributed by atoms with E-state index in [9.17, 15) is 31.3 Å². The van der Waals surface area contributed by atoms with Crippen molar-refractivity contribution in [1.29, 1.82) is 0 Å². The molecule has 0 saturated heterocycles. The third kappa shape index (κ3) is 5.48. The molecule has 12 heteroatoms. The number of rotatable bonds is 9. The van der Waals surface area contributed by atoms with Gasteiger partial charge in [-0.05, 0) is 25.5 Å². The molecule has 2 atom stereocenters. The molecule has 1 unspecified atom stereocenters. The lowest BCUT2D eigenvalue weighted by Crippen LogP contribution is -2.36.